The predicted octanol–water partition coefficient (Wildman–Crippen LogP) is 0.124. The number of amides is 1. The summed E-state index contributed by atoms with van der Waals surface area (Å²) < 4.78 is 0. The Bertz CT molecular complexity index is 309. The highest BCUT2D eigenvalue weighted by atomic mass is 32.2. The van der Waals surface area contributed by atoms with Crippen LogP contribution in [0.1, 0.15) is 25.7 Å². The van der Waals surface area contributed by atoms with E-state index in [1.165, 1.54) is 0 Å². The Morgan fingerprint density at radius 1 is 1.30 bits per heavy atom. The Balaban J connectivity index is 2.03. The molecule has 1 saturated heterocycles. The smallest absolute Gasteiger partial charge is 0.303 e. The lowest BCUT2D eigenvalue weighted by Crippen LogP contribution is -2.43. The van der Waals surface area contributed by atoms with Gasteiger partial charge >= 0.3 is 5.97 Å². The molecule has 6 nitrogen and oxygen atoms in total. The second kappa shape index (κ2) is 10.0. The number of carbonyl (C=O) groups excluding carboxylic acids is 1. The first-order chi connectivity index (χ1) is 9.59. The monoisotopic (exact) mass is 303 g/mol. The van der Waals surface area contributed by atoms with E-state index in [1.807, 2.05) is 16.7 Å². The summed E-state index contributed by atoms with van der Waals surface area (Å²) in [6.45, 7) is 3.01. The molecular weight excluding hydrogens is 278 g/mol. The molecule has 1 atom stereocenters. The average Bonchev–Trinajstić information content (AvgIpc) is 2.43. The highest BCUT2D eigenvalue weighted by Gasteiger charge is 2.18. The van der Waals surface area contributed by atoms with E-state index in [0.717, 1.165) is 37.6 Å². The number of nitrogens with two attached hydrogens (primary N) is 1. The Morgan fingerprint density at radius 3 is 2.65 bits per heavy atom. The fourth-order valence-corrected chi connectivity index (χ4v) is 2.96. The first-order valence-electron chi connectivity index (χ1n) is 7.13. The Labute approximate surface area is 124 Å². The molecule has 116 valence electrons. The molecule has 0 bridgehead atoms. The first kappa shape index (κ1) is 17.3. The molecule has 0 aromatic heterocycles. The van der Waals surface area contributed by atoms with E-state index in [9.17, 15) is 9.59 Å². The van der Waals surface area contributed by atoms with Crippen LogP contribution in [-0.2, 0) is 9.59 Å². The number of nitrogens with zero attached hydrogens (tertiary/aromatic N) is 1. The predicted molar refractivity (Wildman–Crippen MR) is 80.9 cm³/mol. The van der Waals surface area contributed by atoms with Gasteiger partial charge in [-0.1, -0.05) is 0 Å². The molecule has 0 spiro atoms. The molecule has 20 heavy (non-hydrogen) atoms. The highest BCUT2D eigenvalue weighted by Crippen LogP contribution is 2.10. The lowest BCUT2D eigenvalue weighted by atomic mass is 10.2. The van der Waals surface area contributed by atoms with E-state index in [1.54, 1.807) is 0 Å². The van der Waals surface area contributed by atoms with Crippen LogP contribution in [0.2, 0.25) is 0 Å². The fourth-order valence-electron chi connectivity index (χ4n) is 2.05. The number of aliphatic carboxylic acids is 1. The van der Waals surface area contributed by atoms with Gasteiger partial charge in [0.15, 0.2) is 0 Å². The highest BCUT2D eigenvalue weighted by molar-refractivity contribution is 7.99. The summed E-state index contributed by atoms with van der Waals surface area (Å²) in [5.74, 6) is 1.42. The van der Waals surface area contributed by atoms with Crippen molar-refractivity contribution >= 4 is 23.6 Å². The van der Waals surface area contributed by atoms with Crippen LogP contribution in [0.4, 0.5) is 0 Å². The molecule has 0 radical (unpaired) electrons. The number of hydrogen-bond donors (Lipinski definition) is 3. The van der Waals surface area contributed by atoms with E-state index >= 15 is 0 Å². The van der Waals surface area contributed by atoms with Gasteiger partial charge < -0.3 is 21.1 Å². The van der Waals surface area contributed by atoms with E-state index < -0.39 is 5.97 Å². The van der Waals surface area contributed by atoms with Gasteiger partial charge in [0.1, 0.15) is 0 Å². The zero-order valence-corrected chi connectivity index (χ0v) is 12.7. The van der Waals surface area contributed by atoms with Crippen molar-refractivity contribution in [3.8, 4) is 0 Å². The molecule has 1 rings (SSSR count). The van der Waals surface area contributed by atoms with Gasteiger partial charge in [0, 0.05) is 50.0 Å². The summed E-state index contributed by atoms with van der Waals surface area (Å²) in [5.41, 5.74) is 5.93. The van der Waals surface area contributed by atoms with E-state index in [4.69, 9.17) is 10.8 Å². The van der Waals surface area contributed by atoms with Crippen molar-refractivity contribution < 1.29 is 14.7 Å². The van der Waals surface area contributed by atoms with Crippen LogP contribution < -0.4 is 11.1 Å². The zero-order valence-electron chi connectivity index (χ0n) is 11.8. The quantitative estimate of drug-likeness (QED) is 0.524. The standard InChI is InChI=1S/C13H25N3O3S/c14-11(10-15-4-2-1-3-13(18)19)9-12(17)16-5-7-20-8-6-16/h11,15H,1-10,14H2,(H,18,19)/t11-/m0/s1. The second-order valence-corrected chi connectivity index (χ2v) is 6.24. The van der Waals surface area contributed by atoms with Gasteiger partial charge in [0.05, 0.1) is 0 Å². The van der Waals surface area contributed by atoms with Crippen LogP contribution in [0.3, 0.4) is 0 Å². The molecule has 1 aliphatic rings. The summed E-state index contributed by atoms with van der Waals surface area (Å²) >= 11 is 1.88. The summed E-state index contributed by atoms with van der Waals surface area (Å²) in [7, 11) is 0. The van der Waals surface area contributed by atoms with Gasteiger partial charge in [0.25, 0.3) is 0 Å². The van der Waals surface area contributed by atoms with Gasteiger partial charge in [-0.3, -0.25) is 9.59 Å². The van der Waals surface area contributed by atoms with Crippen molar-refractivity contribution in [2.75, 3.05) is 37.7 Å². The summed E-state index contributed by atoms with van der Waals surface area (Å²) in [5, 5.41) is 11.7. The van der Waals surface area contributed by atoms with Crippen molar-refractivity contribution in [1.82, 2.24) is 10.2 Å². The number of carbonyl (C=O) groups is 2. The normalized spacial score (nSPS) is 16.9. The number of thioether (sulfide) groups is 1. The first-order valence-corrected chi connectivity index (χ1v) is 8.28. The number of hydrogen-bond acceptors (Lipinski definition) is 5. The second-order valence-electron chi connectivity index (χ2n) is 5.01. The Hall–Kier alpha value is -0.790. The molecule has 0 saturated carbocycles. The largest absolute Gasteiger partial charge is 0.481 e. The molecule has 1 amide bonds. The third-order valence-corrected chi connectivity index (χ3v) is 4.14. The van der Waals surface area contributed by atoms with Crippen molar-refractivity contribution in [3.05, 3.63) is 0 Å². The molecule has 0 aromatic rings. The van der Waals surface area contributed by atoms with Crippen LogP contribution in [0.5, 0.6) is 0 Å². The van der Waals surface area contributed by atoms with E-state index in [0.29, 0.717) is 19.4 Å². The fraction of sp³-hybridized carbons (Fsp3) is 0.846. The maximum absolute atomic E-state index is 12.0. The maximum atomic E-state index is 12.0. The number of rotatable bonds is 9. The minimum atomic E-state index is -0.757. The molecule has 0 aromatic carbocycles. The summed E-state index contributed by atoms with van der Waals surface area (Å²) in [6.07, 6.45) is 2.07. The van der Waals surface area contributed by atoms with Gasteiger partial charge in [-0.25, -0.2) is 0 Å². The lowest BCUT2D eigenvalue weighted by molar-refractivity contribution is -0.137. The van der Waals surface area contributed by atoms with Gasteiger partial charge in [-0.15, -0.1) is 0 Å². The van der Waals surface area contributed by atoms with Crippen LogP contribution in [0, 0.1) is 0 Å². The maximum Gasteiger partial charge on any atom is 0.303 e. The average molecular weight is 303 g/mol. The van der Waals surface area contributed by atoms with Gasteiger partial charge in [-0.05, 0) is 19.4 Å². The van der Waals surface area contributed by atoms with Crippen LogP contribution in [0.25, 0.3) is 0 Å². The van der Waals surface area contributed by atoms with Crippen LogP contribution in [0.15, 0.2) is 0 Å². The van der Waals surface area contributed by atoms with Crippen molar-refractivity contribution in [1.29, 1.82) is 0 Å². The summed E-state index contributed by atoms with van der Waals surface area (Å²) in [6, 6.07) is -0.170. The van der Waals surface area contributed by atoms with Crippen molar-refractivity contribution in [2.45, 2.75) is 31.7 Å². The third-order valence-electron chi connectivity index (χ3n) is 3.20. The molecule has 4 N–H and O–H groups in total. The minimum Gasteiger partial charge on any atom is -0.481 e. The molecule has 1 heterocycles. The number of unbranched alkanes of at least 4 members (excludes halogenated alkanes) is 1. The third kappa shape index (κ3) is 7.72. The van der Waals surface area contributed by atoms with Gasteiger partial charge in [-0.2, -0.15) is 11.8 Å². The number of carboxylic acids is 1. The van der Waals surface area contributed by atoms with E-state index in [2.05, 4.69) is 5.32 Å². The molecule has 0 aliphatic carbocycles. The van der Waals surface area contributed by atoms with Crippen molar-refractivity contribution in [2.24, 2.45) is 5.73 Å². The molecule has 0 unspecified atom stereocenters. The lowest BCUT2D eigenvalue weighted by Gasteiger charge is -2.27. The number of nitrogens with one attached hydrogen (secondary N) is 1. The van der Waals surface area contributed by atoms with Crippen molar-refractivity contribution in [3.63, 3.8) is 0 Å². The van der Waals surface area contributed by atoms with E-state index in [-0.39, 0.29) is 18.4 Å². The zero-order chi connectivity index (χ0) is 14.8. The molecule has 1 fully saturated rings. The Morgan fingerprint density at radius 2 is 2.00 bits per heavy atom. The minimum absolute atomic E-state index is 0.144. The van der Waals surface area contributed by atoms with Gasteiger partial charge in [0.2, 0.25) is 5.91 Å². The number of carboxylic acid groups (broad SMARTS) is 1. The van der Waals surface area contributed by atoms with Crippen LogP contribution in [-0.4, -0.2) is 65.6 Å². The molecule has 1 aliphatic heterocycles. The Kier molecular flexibility index (Phi) is 8.64. The molecular formula is C13H25N3O3S. The SMILES string of the molecule is N[C@H](CNCCCCC(=O)O)CC(=O)N1CCSCC1. The molecule has 7 heteroatoms. The topological polar surface area (TPSA) is 95.7 Å². The summed E-state index contributed by atoms with van der Waals surface area (Å²) in [4.78, 5) is 24.2. The van der Waals surface area contributed by atoms with Crippen LogP contribution >= 0.6 is 11.8 Å².